The Hall–Kier alpha value is -2.69. The Bertz CT molecular complexity index is 742. The van der Waals surface area contributed by atoms with Gasteiger partial charge in [-0.3, -0.25) is 9.59 Å². The van der Waals surface area contributed by atoms with Gasteiger partial charge in [-0.1, -0.05) is 17.7 Å². The van der Waals surface area contributed by atoms with Crippen LogP contribution in [0.15, 0.2) is 42.5 Å². The minimum atomic E-state index is -0.366. The highest BCUT2D eigenvalue weighted by Gasteiger charge is 2.14. The number of halogens is 1. The van der Waals surface area contributed by atoms with Crippen LogP contribution in [0.2, 0.25) is 0 Å². The summed E-state index contributed by atoms with van der Waals surface area (Å²) in [6.45, 7) is 5.58. The van der Waals surface area contributed by atoms with Crippen LogP contribution in [0.1, 0.15) is 24.5 Å². The highest BCUT2D eigenvalue weighted by Crippen LogP contribution is 2.18. The fraction of sp³-hybridized carbons (Fsp3) is 0.263. The minimum Gasteiger partial charge on any atom is -0.326 e. The molecule has 24 heavy (non-hydrogen) atoms. The van der Waals surface area contributed by atoms with Gasteiger partial charge < -0.3 is 10.2 Å². The Morgan fingerprint density at radius 2 is 1.75 bits per heavy atom. The van der Waals surface area contributed by atoms with Gasteiger partial charge in [0.2, 0.25) is 11.8 Å². The van der Waals surface area contributed by atoms with Crippen LogP contribution in [0.3, 0.4) is 0 Å². The number of rotatable bonds is 5. The molecule has 2 amide bonds. The number of carbonyl (C=O) groups excluding carboxylic acids is 2. The topological polar surface area (TPSA) is 49.4 Å². The zero-order chi connectivity index (χ0) is 17.7. The first kappa shape index (κ1) is 17.7. The van der Waals surface area contributed by atoms with Crippen molar-refractivity contribution < 1.29 is 14.0 Å². The Labute approximate surface area is 141 Å². The van der Waals surface area contributed by atoms with Crippen molar-refractivity contribution in [2.24, 2.45) is 0 Å². The highest BCUT2D eigenvalue weighted by molar-refractivity contribution is 5.95. The van der Waals surface area contributed by atoms with Crippen molar-refractivity contribution in [3.63, 3.8) is 0 Å². The van der Waals surface area contributed by atoms with Crippen molar-refractivity contribution >= 4 is 23.2 Å². The molecule has 0 spiro atoms. The van der Waals surface area contributed by atoms with Gasteiger partial charge in [-0.2, -0.15) is 0 Å². The van der Waals surface area contributed by atoms with Crippen LogP contribution in [0.5, 0.6) is 0 Å². The molecule has 126 valence electrons. The summed E-state index contributed by atoms with van der Waals surface area (Å²) < 4.78 is 13.0. The summed E-state index contributed by atoms with van der Waals surface area (Å²) in [5.41, 5.74) is 3.46. The minimum absolute atomic E-state index is 0.157. The van der Waals surface area contributed by atoms with Gasteiger partial charge in [-0.05, 0) is 49.7 Å². The molecule has 0 aliphatic carbocycles. The van der Waals surface area contributed by atoms with Crippen molar-refractivity contribution in [2.75, 3.05) is 16.8 Å². The number of carbonyl (C=O) groups is 2. The molecule has 5 heteroatoms. The van der Waals surface area contributed by atoms with E-state index in [1.165, 1.54) is 36.1 Å². The van der Waals surface area contributed by atoms with Gasteiger partial charge in [-0.15, -0.1) is 0 Å². The van der Waals surface area contributed by atoms with E-state index in [9.17, 15) is 14.0 Å². The molecule has 0 heterocycles. The van der Waals surface area contributed by atoms with Gasteiger partial charge in [0.1, 0.15) is 5.82 Å². The first-order chi connectivity index (χ1) is 11.4. The van der Waals surface area contributed by atoms with Gasteiger partial charge in [0.25, 0.3) is 0 Å². The van der Waals surface area contributed by atoms with E-state index in [0.717, 1.165) is 16.8 Å². The second-order valence-electron chi connectivity index (χ2n) is 5.76. The van der Waals surface area contributed by atoms with E-state index in [2.05, 4.69) is 5.32 Å². The normalized spacial score (nSPS) is 10.3. The van der Waals surface area contributed by atoms with Crippen molar-refractivity contribution in [3.8, 4) is 0 Å². The number of nitrogens with one attached hydrogen (secondary N) is 1. The quantitative estimate of drug-likeness (QED) is 0.907. The van der Waals surface area contributed by atoms with E-state index in [0.29, 0.717) is 5.69 Å². The van der Waals surface area contributed by atoms with E-state index in [1.807, 2.05) is 32.0 Å². The summed E-state index contributed by atoms with van der Waals surface area (Å²) in [5.74, 6) is -0.730. The number of hydrogen-bond donors (Lipinski definition) is 1. The fourth-order valence-corrected chi connectivity index (χ4v) is 2.47. The summed E-state index contributed by atoms with van der Waals surface area (Å²) >= 11 is 0. The number of aryl methyl sites for hydroxylation is 2. The predicted octanol–water partition coefficient (Wildman–Crippen LogP) is 3.82. The molecule has 2 aromatic rings. The van der Waals surface area contributed by atoms with Crippen molar-refractivity contribution in [1.29, 1.82) is 0 Å². The number of amides is 2. The third-order valence-electron chi connectivity index (χ3n) is 3.74. The summed E-state index contributed by atoms with van der Waals surface area (Å²) in [5, 5.41) is 2.86. The lowest BCUT2D eigenvalue weighted by Crippen LogP contribution is -2.32. The van der Waals surface area contributed by atoms with Gasteiger partial charge in [0.05, 0.1) is 0 Å². The van der Waals surface area contributed by atoms with E-state index in [-0.39, 0.29) is 30.6 Å². The van der Waals surface area contributed by atoms with Crippen LogP contribution < -0.4 is 10.2 Å². The van der Waals surface area contributed by atoms with Crippen LogP contribution in [0, 0.1) is 19.7 Å². The molecule has 1 N–H and O–H groups in total. The number of hydrogen-bond acceptors (Lipinski definition) is 2. The van der Waals surface area contributed by atoms with Crippen LogP contribution in [-0.4, -0.2) is 18.4 Å². The Kier molecular flexibility index (Phi) is 5.68. The molecule has 2 rings (SSSR count). The third kappa shape index (κ3) is 4.65. The SMILES string of the molecule is CC(=O)N(CCC(=O)Nc1ccc(C)cc1C)c1ccc(F)cc1. The highest BCUT2D eigenvalue weighted by atomic mass is 19.1. The lowest BCUT2D eigenvalue weighted by molar-refractivity contribution is -0.117. The molecule has 0 saturated carbocycles. The van der Waals surface area contributed by atoms with E-state index >= 15 is 0 Å². The first-order valence-corrected chi connectivity index (χ1v) is 7.77. The lowest BCUT2D eigenvalue weighted by atomic mass is 10.1. The van der Waals surface area contributed by atoms with E-state index in [1.54, 1.807) is 0 Å². The second-order valence-corrected chi connectivity index (χ2v) is 5.76. The van der Waals surface area contributed by atoms with Crippen molar-refractivity contribution in [3.05, 3.63) is 59.4 Å². The largest absolute Gasteiger partial charge is 0.326 e. The molecular formula is C19H21FN2O2. The molecule has 2 aromatic carbocycles. The van der Waals surface area contributed by atoms with Gasteiger partial charge in [0.15, 0.2) is 0 Å². The van der Waals surface area contributed by atoms with Crippen LogP contribution in [0.4, 0.5) is 15.8 Å². The van der Waals surface area contributed by atoms with Crippen LogP contribution in [-0.2, 0) is 9.59 Å². The van der Waals surface area contributed by atoms with E-state index in [4.69, 9.17) is 0 Å². The molecule has 0 atom stereocenters. The third-order valence-corrected chi connectivity index (χ3v) is 3.74. The molecule has 0 aliphatic rings. The molecule has 0 bridgehead atoms. The maximum atomic E-state index is 13.0. The summed E-state index contributed by atoms with van der Waals surface area (Å²) in [7, 11) is 0. The molecule has 0 unspecified atom stereocenters. The standard InChI is InChI=1S/C19H21FN2O2/c1-13-4-9-18(14(2)12-13)21-19(24)10-11-22(15(3)23)17-7-5-16(20)6-8-17/h4-9,12H,10-11H2,1-3H3,(H,21,24). The maximum absolute atomic E-state index is 13.0. The fourth-order valence-electron chi connectivity index (χ4n) is 2.47. The number of nitrogens with zero attached hydrogens (tertiary/aromatic N) is 1. The molecule has 0 fully saturated rings. The Morgan fingerprint density at radius 3 is 2.33 bits per heavy atom. The average molecular weight is 328 g/mol. The average Bonchev–Trinajstić information content (AvgIpc) is 2.52. The zero-order valence-corrected chi connectivity index (χ0v) is 14.1. The monoisotopic (exact) mass is 328 g/mol. The summed E-state index contributed by atoms with van der Waals surface area (Å²) in [4.78, 5) is 25.4. The summed E-state index contributed by atoms with van der Waals surface area (Å²) in [6.07, 6.45) is 0.157. The number of anilines is 2. The Balaban J connectivity index is 2.00. The second kappa shape index (κ2) is 7.73. The maximum Gasteiger partial charge on any atom is 0.226 e. The van der Waals surface area contributed by atoms with Gasteiger partial charge in [-0.25, -0.2) is 4.39 Å². The zero-order valence-electron chi connectivity index (χ0n) is 14.1. The van der Waals surface area contributed by atoms with Gasteiger partial charge >= 0.3 is 0 Å². The van der Waals surface area contributed by atoms with E-state index < -0.39 is 0 Å². The molecule has 0 aromatic heterocycles. The molecule has 0 saturated heterocycles. The Morgan fingerprint density at radius 1 is 1.08 bits per heavy atom. The predicted molar refractivity (Wildman–Crippen MR) is 93.6 cm³/mol. The molecular weight excluding hydrogens is 307 g/mol. The smallest absolute Gasteiger partial charge is 0.226 e. The van der Waals surface area contributed by atoms with Crippen LogP contribution >= 0.6 is 0 Å². The lowest BCUT2D eigenvalue weighted by Gasteiger charge is -2.21. The first-order valence-electron chi connectivity index (χ1n) is 7.77. The van der Waals surface area contributed by atoms with Crippen molar-refractivity contribution in [1.82, 2.24) is 0 Å². The number of benzene rings is 2. The molecule has 4 nitrogen and oxygen atoms in total. The molecule has 0 aliphatic heterocycles. The molecule has 0 radical (unpaired) electrons. The van der Waals surface area contributed by atoms with Crippen molar-refractivity contribution in [2.45, 2.75) is 27.2 Å². The van der Waals surface area contributed by atoms with Gasteiger partial charge in [0, 0.05) is 31.3 Å². The van der Waals surface area contributed by atoms with Crippen LogP contribution in [0.25, 0.3) is 0 Å². The summed E-state index contributed by atoms with van der Waals surface area (Å²) in [6, 6.07) is 11.4.